The van der Waals surface area contributed by atoms with Gasteiger partial charge in [-0.15, -0.1) is 0 Å². The summed E-state index contributed by atoms with van der Waals surface area (Å²) in [5.74, 6) is 3.68. The summed E-state index contributed by atoms with van der Waals surface area (Å²) in [6.45, 7) is 1.87. The van der Waals surface area contributed by atoms with Crippen LogP contribution in [0.1, 0.15) is 19.8 Å². The standard InChI is InChI=1S/C5H11NO3/c1-2-3-4(9-6)5(7)8/h4H,2-3,6H2,1H3,(H,7,8). The zero-order valence-corrected chi connectivity index (χ0v) is 5.33. The zero-order valence-electron chi connectivity index (χ0n) is 5.33. The first-order valence-electron chi connectivity index (χ1n) is 2.80. The van der Waals surface area contributed by atoms with Crippen molar-refractivity contribution in [2.24, 2.45) is 5.90 Å². The van der Waals surface area contributed by atoms with Crippen LogP contribution in [0.2, 0.25) is 0 Å². The Morgan fingerprint density at radius 3 is 2.56 bits per heavy atom. The summed E-state index contributed by atoms with van der Waals surface area (Å²) in [7, 11) is 0. The van der Waals surface area contributed by atoms with Gasteiger partial charge in [-0.05, 0) is 6.42 Å². The molecule has 0 aliphatic carbocycles. The van der Waals surface area contributed by atoms with Crippen LogP contribution in [0.5, 0.6) is 0 Å². The lowest BCUT2D eigenvalue weighted by molar-refractivity contribution is -0.151. The van der Waals surface area contributed by atoms with E-state index in [1.165, 1.54) is 0 Å². The summed E-state index contributed by atoms with van der Waals surface area (Å²) in [4.78, 5) is 14.3. The average Bonchev–Trinajstić information content (AvgIpc) is 1.82. The molecule has 0 aromatic carbocycles. The molecule has 0 aliphatic rings. The molecule has 0 rings (SSSR count). The Morgan fingerprint density at radius 2 is 2.44 bits per heavy atom. The summed E-state index contributed by atoms with van der Waals surface area (Å²) >= 11 is 0. The van der Waals surface area contributed by atoms with Gasteiger partial charge in [0.05, 0.1) is 0 Å². The molecule has 0 bridgehead atoms. The van der Waals surface area contributed by atoms with E-state index >= 15 is 0 Å². The highest BCUT2D eigenvalue weighted by Crippen LogP contribution is 1.98. The summed E-state index contributed by atoms with van der Waals surface area (Å²) in [6.07, 6.45) is 0.384. The number of nitrogens with two attached hydrogens (primary N) is 1. The van der Waals surface area contributed by atoms with E-state index in [9.17, 15) is 4.79 Å². The second kappa shape index (κ2) is 4.29. The molecule has 0 heterocycles. The zero-order chi connectivity index (χ0) is 7.28. The normalized spacial score (nSPS) is 13.1. The van der Waals surface area contributed by atoms with Gasteiger partial charge < -0.3 is 5.11 Å². The van der Waals surface area contributed by atoms with Crippen molar-refractivity contribution in [1.29, 1.82) is 0 Å². The van der Waals surface area contributed by atoms with Crippen LogP contribution in [0.3, 0.4) is 0 Å². The molecule has 0 spiro atoms. The first-order valence-corrected chi connectivity index (χ1v) is 2.80. The van der Waals surface area contributed by atoms with Crippen LogP contribution in [0.15, 0.2) is 0 Å². The van der Waals surface area contributed by atoms with E-state index in [2.05, 4.69) is 10.7 Å². The molecule has 1 atom stereocenters. The average molecular weight is 133 g/mol. The Bertz CT molecular complexity index is 94.2. The van der Waals surface area contributed by atoms with Crippen LogP contribution in [0.25, 0.3) is 0 Å². The van der Waals surface area contributed by atoms with Crippen LogP contribution < -0.4 is 5.90 Å². The van der Waals surface area contributed by atoms with Gasteiger partial charge in [0.1, 0.15) is 0 Å². The summed E-state index contributed by atoms with van der Waals surface area (Å²) in [6, 6.07) is 0. The first kappa shape index (κ1) is 8.39. The quantitative estimate of drug-likeness (QED) is 0.534. The number of hydrogen-bond acceptors (Lipinski definition) is 3. The molecule has 0 saturated heterocycles. The smallest absolute Gasteiger partial charge is 0.334 e. The number of hydrogen-bond donors (Lipinski definition) is 2. The minimum absolute atomic E-state index is 0.464. The number of carboxylic acids is 1. The number of carbonyl (C=O) groups is 1. The highest BCUT2D eigenvalue weighted by Gasteiger charge is 2.14. The minimum Gasteiger partial charge on any atom is -0.479 e. The number of rotatable bonds is 4. The third-order valence-corrected chi connectivity index (χ3v) is 0.991. The second-order valence-corrected chi connectivity index (χ2v) is 1.75. The predicted octanol–water partition coefficient (Wildman–Crippen LogP) is 0.130. The highest BCUT2D eigenvalue weighted by molar-refractivity contribution is 5.72. The van der Waals surface area contributed by atoms with Crippen molar-refractivity contribution in [3.8, 4) is 0 Å². The van der Waals surface area contributed by atoms with Gasteiger partial charge in [-0.1, -0.05) is 13.3 Å². The molecule has 4 heteroatoms. The van der Waals surface area contributed by atoms with Gasteiger partial charge in [0.15, 0.2) is 6.10 Å². The fraction of sp³-hybridized carbons (Fsp3) is 0.800. The molecule has 3 N–H and O–H groups in total. The molecule has 0 amide bonds. The summed E-state index contributed by atoms with van der Waals surface area (Å²) in [5.41, 5.74) is 0. The second-order valence-electron chi connectivity index (χ2n) is 1.75. The van der Waals surface area contributed by atoms with Gasteiger partial charge in [0, 0.05) is 0 Å². The van der Waals surface area contributed by atoms with Crippen molar-refractivity contribution >= 4 is 5.97 Å². The fourth-order valence-electron chi connectivity index (χ4n) is 0.512. The van der Waals surface area contributed by atoms with Crippen molar-refractivity contribution < 1.29 is 14.7 Å². The Hall–Kier alpha value is -0.610. The predicted molar refractivity (Wildman–Crippen MR) is 31.6 cm³/mol. The van der Waals surface area contributed by atoms with Gasteiger partial charge in [0.25, 0.3) is 0 Å². The molecule has 0 radical (unpaired) electrons. The van der Waals surface area contributed by atoms with Crippen molar-refractivity contribution in [3.63, 3.8) is 0 Å². The van der Waals surface area contributed by atoms with Crippen molar-refractivity contribution in [2.75, 3.05) is 0 Å². The molecule has 9 heavy (non-hydrogen) atoms. The molecular weight excluding hydrogens is 122 g/mol. The third kappa shape index (κ3) is 3.05. The van der Waals surface area contributed by atoms with Crippen LogP contribution in [0.4, 0.5) is 0 Å². The lowest BCUT2D eigenvalue weighted by Gasteiger charge is -2.05. The molecule has 1 unspecified atom stereocenters. The van der Waals surface area contributed by atoms with Crippen molar-refractivity contribution in [3.05, 3.63) is 0 Å². The van der Waals surface area contributed by atoms with E-state index in [0.717, 1.165) is 6.42 Å². The Morgan fingerprint density at radius 1 is 1.89 bits per heavy atom. The summed E-state index contributed by atoms with van der Waals surface area (Å²) in [5, 5.41) is 8.30. The maximum Gasteiger partial charge on any atom is 0.334 e. The van der Waals surface area contributed by atoms with E-state index in [1.807, 2.05) is 6.92 Å². The molecule has 0 aromatic rings. The van der Waals surface area contributed by atoms with Crippen LogP contribution >= 0.6 is 0 Å². The molecular formula is C5H11NO3. The molecule has 0 fully saturated rings. The molecule has 4 nitrogen and oxygen atoms in total. The van der Waals surface area contributed by atoms with E-state index in [4.69, 9.17) is 5.11 Å². The van der Waals surface area contributed by atoms with E-state index in [0.29, 0.717) is 6.42 Å². The Labute approximate surface area is 53.6 Å². The van der Waals surface area contributed by atoms with E-state index in [-0.39, 0.29) is 0 Å². The van der Waals surface area contributed by atoms with Crippen molar-refractivity contribution in [1.82, 2.24) is 0 Å². The SMILES string of the molecule is CCCC(ON)C(=O)O. The number of carboxylic acid groups (broad SMARTS) is 1. The molecule has 54 valence electrons. The van der Waals surface area contributed by atoms with Crippen LogP contribution in [-0.2, 0) is 9.63 Å². The van der Waals surface area contributed by atoms with Gasteiger partial charge in [-0.25, -0.2) is 10.7 Å². The van der Waals surface area contributed by atoms with Crippen LogP contribution in [-0.4, -0.2) is 17.2 Å². The third-order valence-electron chi connectivity index (χ3n) is 0.991. The lowest BCUT2D eigenvalue weighted by Crippen LogP contribution is -2.26. The molecule has 0 saturated carbocycles. The maximum absolute atomic E-state index is 10.1. The Kier molecular flexibility index (Phi) is 4.00. The first-order chi connectivity index (χ1) is 4.22. The monoisotopic (exact) mass is 133 g/mol. The Balaban J connectivity index is 3.54. The van der Waals surface area contributed by atoms with Gasteiger partial charge in [-0.3, -0.25) is 4.84 Å². The van der Waals surface area contributed by atoms with Crippen LogP contribution in [0, 0.1) is 0 Å². The minimum atomic E-state index is -1.00. The number of aliphatic carboxylic acids is 1. The topological polar surface area (TPSA) is 72.5 Å². The lowest BCUT2D eigenvalue weighted by atomic mass is 10.2. The summed E-state index contributed by atoms with van der Waals surface area (Å²) < 4.78 is 0. The van der Waals surface area contributed by atoms with E-state index < -0.39 is 12.1 Å². The van der Waals surface area contributed by atoms with Gasteiger partial charge in [-0.2, -0.15) is 0 Å². The largest absolute Gasteiger partial charge is 0.479 e. The molecule has 0 aliphatic heterocycles. The molecule has 0 aromatic heterocycles. The van der Waals surface area contributed by atoms with Gasteiger partial charge >= 0.3 is 5.97 Å². The maximum atomic E-state index is 10.1. The fourth-order valence-corrected chi connectivity index (χ4v) is 0.512. The van der Waals surface area contributed by atoms with E-state index in [1.54, 1.807) is 0 Å². The van der Waals surface area contributed by atoms with Gasteiger partial charge in [0.2, 0.25) is 0 Å². The van der Waals surface area contributed by atoms with Crippen molar-refractivity contribution in [2.45, 2.75) is 25.9 Å². The highest BCUT2D eigenvalue weighted by atomic mass is 16.6.